The minimum Gasteiger partial charge on any atom is -0.490 e. The molecule has 7 nitrogen and oxygen atoms in total. The van der Waals surface area contributed by atoms with Crippen LogP contribution in [0.25, 0.3) is 0 Å². The Labute approximate surface area is 159 Å². The molecule has 0 bridgehead atoms. The lowest BCUT2D eigenvalue weighted by Crippen LogP contribution is -2.50. The third kappa shape index (κ3) is 4.03. The lowest BCUT2D eigenvalue weighted by Gasteiger charge is -2.37. The lowest BCUT2D eigenvalue weighted by atomic mass is 9.96. The monoisotopic (exact) mass is 373 g/mol. The Kier molecular flexibility index (Phi) is 5.48. The molecule has 2 fully saturated rings. The first kappa shape index (κ1) is 18.1. The van der Waals surface area contributed by atoms with E-state index in [0.29, 0.717) is 45.6 Å². The van der Waals surface area contributed by atoms with Crippen molar-refractivity contribution in [2.24, 2.45) is 5.92 Å². The van der Waals surface area contributed by atoms with Crippen molar-refractivity contribution in [3.05, 3.63) is 24.3 Å². The van der Waals surface area contributed by atoms with E-state index >= 15 is 0 Å². The molecule has 0 saturated carbocycles. The number of ether oxygens (including phenoxy) is 2. The molecule has 146 valence electrons. The Balaban J connectivity index is 1.29. The highest BCUT2D eigenvalue weighted by molar-refractivity contribution is 5.94. The molecule has 0 aliphatic carbocycles. The topological polar surface area (TPSA) is 71.1 Å². The summed E-state index contributed by atoms with van der Waals surface area (Å²) in [5, 5.41) is 3.02. The number of amides is 3. The van der Waals surface area contributed by atoms with Crippen molar-refractivity contribution in [3.8, 4) is 5.75 Å². The lowest BCUT2D eigenvalue weighted by molar-refractivity contribution is -0.126. The molecule has 4 rings (SSSR count). The molecule has 0 spiro atoms. The van der Waals surface area contributed by atoms with Crippen molar-refractivity contribution in [2.45, 2.75) is 31.8 Å². The normalized spacial score (nSPS) is 22.9. The first-order valence-electron chi connectivity index (χ1n) is 9.90. The Bertz CT molecular complexity index is 682. The zero-order chi connectivity index (χ0) is 18.6. The van der Waals surface area contributed by atoms with Crippen LogP contribution < -0.4 is 15.0 Å². The summed E-state index contributed by atoms with van der Waals surface area (Å²) in [6.07, 6.45) is 3.67. The molecule has 3 amide bonds. The Morgan fingerprint density at radius 3 is 2.67 bits per heavy atom. The molecular formula is C20H27N3O4. The van der Waals surface area contributed by atoms with Crippen molar-refractivity contribution in [1.82, 2.24) is 10.2 Å². The summed E-state index contributed by atoms with van der Waals surface area (Å²) in [4.78, 5) is 29.0. The molecular weight excluding hydrogens is 346 g/mol. The molecule has 27 heavy (non-hydrogen) atoms. The summed E-state index contributed by atoms with van der Waals surface area (Å²) in [5.74, 6) is 0.822. The van der Waals surface area contributed by atoms with Gasteiger partial charge in [0.1, 0.15) is 12.4 Å². The van der Waals surface area contributed by atoms with Gasteiger partial charge in [0.05, 0.1) is 18.3 Å². The number of likely N-dealkylation sites (tertiary alicyclic amines) is 1. The number of fused-ring (bicyclic) bond motifs is 1. The molecule has 2 saturated heterocycles. The van der Waals surface area contributed by atoms with Gasteiger partial charge in [0, 0.05) is 32.2 Å². The summed E-state index contributed by atoms with van der Waals surface area (Å²) in [5.41, 5.74) is 0.824. The van der Waals surface area contributed by atoms with Crippen LogP contribution in [0.2, 0.25) is 0 Å². The number of hydrogen-bond donors (Lipinski definition) is 1. The standard InChI is InChI=1S/C20H27N3O4/c24-19(21-14-16-4-3-12-26-16)15-7-9-22(10-8-15)20(25)23-11-13-27-18-6-2-1-5-17(18)23/h1-2,5-6,15-16H,3-4,7-14H2,(H,21,24). The summed E-state index contributed by atoms with van der Waals surface area (Å²) < 4.78 is 11.2. The number of rotatable bonds is 3. The summed E-state index contributed by atoms with van der Waals surface area (Å²) in [7, 11) is 0. The van der Waals surface area contributed by atoms with Crippen LogP contribution in [0.4, 0.5) is 10.5 Å². The van der Waals surface area contributed by atoms with Crippen molar-refractivity contribution >= 4 is 17.6 Å². The minimum absolute atomic E-state index is 0.00367. The van der Waals surface area contributed by atoms with E-state index in [9.17, 15) is 9.59 Å². The number of anilines is 1. The first-order valence-corrected chi connectivity index (χ1v) is 9.90. The Hall–Kier alpha value is -2.28. The van der Waals surface area contributed by atoms with E-state index in [2.05, 4.69) is 5.32 Å². The van der Waals surface area contributed by atoms with Gasteiger partial charge in [-0.25, -0.2) is 4.79 Å². The van der Waals surface area contributed by atoms with E-state index in [1.807, 2.05) is 29.2 Å². The minimum atomic E-state index is -0.0209. The summed E-state index contributed by atoms with van der Waals surface area (Å²) >= 11 is 0. The van der Waals surface area contributed by atoms with Crippen LogP contribution in [0.15, 0.2) is 24.3 Å². The highest BCUT2D eigenvalue weighted by atomic mass is 16.5. The molecule has 1 N–H and O–H groups in total. The predicted molar refractivity (Wildman–Crippen MR) is 101 cm³/mol. The largest absolute Gasteiger partial charge is 0.490 e. The molecule has 0 aromatic heterocycles. The number of hydrogen-bond acceptors (Lipinski definition) is 4. The van der Waals surface area contributed by atoms with Gasteiger partial charge in [0.2, 0.25) is 5.91 Å². The van der Waals surface area contributed by atoms with E-state index in [0.717, 1.165) is 30.9 Å². The second kappa shape index (κ2) is 8.17. The number of benzene rings is 1. The van der Waals surface area contributed by atoms with Crippen molar-refractivity contribution in [1.29, 1.82) is 0 Å². The maximum absolute atomic E-state index is 13.0. The number of urea groups is 1. The summed E-state index contributed by atoms with van der Waals surface area (Å²) in [6, 6.07) is 7.63. The first-order chi connectivity index (χ1) is 13.2. The van der Waals surface area contributed by atoms with Gasteiger partial charge >= 0.3 is 6.03 Å². The highest BCUT2D eigenvalue weighted by Gasteiger charge is 2.32. The number of carbonyl (C=O) groups excluding carboxylic acids is 2. The molecule has 0 radical (unpaired) electrons. The number of nitrogens with zero attached hydrogens (tertiary/aromatic N) is 2. The molecule has 3 aliphatic rings. The van der Waals surface area contributed by atoms with Crippen LogP contribution in [0.3, 0.4) is 0 Å². The third-order valence-electron chi connectivity index (χ3n) is 5.62. The zero-order valence-corrected chi connectivity index (χ0v) is 15.6. The molecule has 1 aromatic carbocycles. The molecule has 7 heteroatoms. The van der Waals surface area contributed by atoms with Crippen LogP contribution in [0, 0.1) is 5.92 Å². The van der Waals surface area contributed by atoms with Crippen molar-refractivity contribution in [3.63, 3.8) is 0 Å². The highest BCUT2D eigenvalue weighted by Crippen LogP contribution is 2.32. The van der Waals surface area contributed by atoms with Gasteiger partial charge in [0.15, 0.2) is 0 Å². The van der Waals surface area contributed by atoms with E-state index in [1.54, 1.807) is 4.90 Å². The third-order valence-corrected chi connectivity index (χ3v) is 5.62. The summed E-state index contributed by atoms with van der Waals surface area (Å²) in [6.45, 7) is 3.67. The number of carbonyl (C=O) groups is 2. The Morgan fingerprint density at radius 2 is 1.89 bits per heavy atom. The van der Waals surface area contributed by atoms with Crippen LogP contribution in [-0.4, -0.2) is 62.3 Å². The Morgan fingerprint density at radius 1 is 1.07 bits per heavy atom. The van der Waals surface area contributed by atoms with Crippen LogP contribution >= 0.6 is 0 Å². The zero-order valence-electron chi connectivity index (χ0n) is 15.6. The average molecular weight is 373 g/mol. The maximum Gasteiger partial charge on any atom is 0.324 e. The number of nitrogens with one attached hydrogen (secondary N) is 1. The van der Waals surface area contributed by atoms with E-state index in [4.69, 9.17) is 9.47 Å². The van der Waals surface area contributed by atoms with E-state index in [-0.39, 0.29) is 24.0 Å². The number of piperidine rings is 1. The molecule has 1 atom stereocenters. The fourth-order valence-electron chi connectivity index (χ4n) is 4.04. The smallest absolute Gasteiger partial charge is 0.324 e. The molecule has 1 unspecified atom stereocenters. The number of para-hydroxylation sites is 2. The maximum atomic E-state index is 13.0. The van der Waals surface area contributed by atoms with Crippen LogP contribution in [0.1, 0.15) is 25.7 Å². The van der Waals surface area contributed by atoms with E-state index in [1.165, 1.54) is 0 Å². The van der Waals surface area contributed by atoms with E-state index < -0.39 is 0 Å². The molecule has 1 aromatic rings. The van der Waals surface area contributed by atoms with Crippen LogP contribution in [0.5, 0.6) is 5.75 Å². The van der Waals surface area contributed by atoms with Gasteiger partial charge in [-0.05, 0) is 37.8 Å². The van der Waals surface area contributed by atoms with Crippen molar-refractivity contribution in [2.75, 3.05) is 44.3 Å². The second-order valence-electron chi connectivity index (χ2n) is 7.39. The molecule has 3 heterocycles. The SMILES string of the molecule is O=C(NCC1CCCO1)C1CCN(C(=O)N2CCOc3ccccc32)CC1. The second-order valence-corrected chi connectivity index (χ2v) is 7.39. The molecule has 3 aliphatic heterocycles. The van der Waals surface area contributed by atoms with Gasteiger partial charge in [-0.1, -0.05) is 12.1 Å². The predicted octanol–water partition coefficient (Wildman–Crippen LogP) is 2.01. The van der Waals surface area contributed by atoms with Crippen LogP contribution in [-0.2, 0) is 9.53 Å². The van der Waals surface area contributed by atoms with Gasteiger partial charge in [-0.3, -0.25) is 9.69 Å². The van der Waals surface area contributed by atoms with Gasteiger partial charge < -0.3 is 19.7 Å². The average Bonchev–Trinajstić information content (AvgIpc) is 3.25. The quantitative estimate of drug-likeness (QED) is 0.880. The van der Waals surface area contributed by atoms with Gasteiger partial charge in [-0.2, -0.15) is 0 Å². The van der Waals surface area contributed by atoms with Gasteiger partial charge in [0.25, 0.3) is 0 Å². The van der Waals surface area contributed by atoms with Gasteiger partial charge in [-0.15, -0.1) is 0 Å². The fraction of sp³-hybridized carbons (Fsp3) is 0.600. The van der Waals surface area contributed by atoms with Crippen molar-refractivity contribution < 1.29 is 19.1 Å². The fourth-order valence-corrected chi connectivity index (χ4v) is 4.04.